The van der Waals surface area contributed by atoms with Gasteiger partial charge in [0, 0.05) is 17.4 Å². The number of hydrogen-bond donors (Lipinski definition) is 2. The van der Waals surface area contributed by atoms with Crippen LogP contribution in [0.5, 0.6) is 5.75 Å². The fourth-order valence-corrected chi connectivity index (χ4v) is 1.84. The van der Waals surface area contributed by atoms with Gasteiger partial charge >= 0.3 is 0 Å². The number of halogens is 2. The summed E-state index contributed by atoms with van der Waals surface area (Å²) in [4.78, 5) is 11.8. The van der Waals surface area contributed by atoms with Crippen molar-refractivity contribution in [3.63, 3.8) is 0 Å². The van der Waals surface area contributed by atoms with Crippen LogP contribution in [0.25, 0.3) is 0 Å². The molecule has 2 N–H and O–H groups in total. The number of phenolic OH excluding ortho intramolecular Hbond substituents is 1. The van der Waals surface area contributed by atoms with Gasteiger partial charge in [-0.15, -0.1) is 11.6 Å². The SMILES string of the molecule is CC(CCl)CCCNC(=O)c1cc(Cl)ccc1O. The topological polar surface area (TPSA) is 49.3 Å². The minimum atomic E-state index is -0.312. The monoisotopic (exact) mass is 289 g/mol. The molecule has 1 atom stereocenters. The maximum Gasteiger partial charge on any atom is 0.255 e. The second kappa shape index (κ2) is 7.49. The molecular formula is C13H17Cl2NO2. The lowest BCUT2D eigenvalue weighted by atomic mass is 10.1. The van der Waals surface area contributed by atoms with Gasteiger partial charge in [-0.2, -0.15) is 0 Å². The normalized spacial score (nSPS) is 12.2. The summed E-state index contributed by atoms with van der Waals surface area (Å²) >= 11 is 11.5. The van der Waals surface area contributed by atoms with Crippen LogP contribution in [0.15, 0.2) is 18.2 Å². The molecule has 0 aliphatic heterocycles. The van der Waals surface area contributed by atoms with Crippen molar-refractivity contribution in [1.29, 1.82) is 0 Å². The third-order valence-corrected chi connectivity index (χ3v) is 3.39. The van der Waals surface area contributed by atoms with Crippen LogP contribution in [0, 0.1) is 5.92 Å². The van der Waals surface area contributed by atoms with Crippen LogP contribution < -0.4 is 5.32 Å². The minimum absolute atomic E-state index is 0.0639. The molecular weight excluding hydrogens is 273 g/mol. The maximum absolute atomic E-state index is 11.8. The number of phenols is 1. The van der Waals surface area contributed by atoms with Crippen LogP contribution in [0.2, 0.25) is 5.02 Å². The number of carbonyl (C=O) groups excluding carboxylic acids is 1. The highest BCUT2D eigenvalue weighted by molar-refractivity contribution is 6.31. The molecule has 0 heterocycles. The first-order valence-corrected chi connectivity index (χ1v) is 6.78. The molecule has 0 aromatic heterocycles. The highest BCUT2D eigenvalue weighted by Gasteiger charge is 2.11. The zero-order valence-electron chi connectivity index (χ0n) is 10.2. The van der Waals surface area contributed by atoms with E-state index in [0.29, 0.717) is 23.4 Å². The number of nitrogens with one attached hydrogen (secondary N) is 1. The summed E-state index contributed by atoms with van der Waals surface area (Å²) < 4.78 is 0. The van der Waals surface area contributed by atoms with Crippen molar-refractivity contribution in [3.8, 4) is 5.75 Å². The molecule has 18 heavy (non-hydrogen) atoms. The van der Waals surface area contributed by atoms with Gasteiger partial charge in [-0.05, 0) is 37.0 Å². The number of rotatable bonds is 6. The van der Waals surface area contributed by atoms with E-state index in [9.17, 15) is 9.90 Å². The third kappa shape index (κ3) is 4.75. The second-order valence-corrected chi connectivity index (χ2v) is 5.06. The zero-order valence-corrected chi connectivity index (χ0v) is 11.8. The Balaban J connectivity index is 2.43. The summed E-state index contributed by atoms with van der Waals surface area (Å²) in [5, 5.41) is 12.7. The van der Waals surface area contributed by atoms with Gasteiger partial charge in [0.25, 0.3) is 5.91 Å². The first-order valence-electron chi connectivity index (χ1n) is 5.87. The van der Waals surface area contributed by atoms with Gasteiger partial charge in [0.05, 0.1) is 5.56 Å². The van der Waals surface area contributed by atoms with Crippen molar-refractivity contribution in [2.24, 2.45) is 5.92 Å². The quantitative estimate of drug-likeness (QED) is 0.623. The maximum atomic E-state index is 11.8. The molecule has 0 spiro atoms. The standard InChI is InChI=1S/C13H17Cl2NO2/c1-9(8-14)3-2-6-16-13(18)11-7-10(15)4-5-12(11)17/h4-5,7,9,17H,2-3,6,8H2,1H3,(H,16,18). The summed E-state index contributed by atoms with van der Waals surface area (Å²) in [6.45, 7) is 2.63. The Hall–Kier alpha value is -0.930. The van der Waals surface area contributed by atoms with Crippen LogP contribution in [-0.2, 0) is 0 Å². The molecule has 0 saturated carbocycles. The molecule has 1 unspecified atom stereocenters. The predicted octanol–water partition coefficient (Wildman–Crippen LogP) is 3.43. The highest BCUT2D eigenvalue weighted by Crippen LogP contribution is 2.21. The average Bonchev–Trinajstić information content (AvgIpc) is 2.36. The number of carbonyl (C=O) groups is 1. The van der Waals surface area contributed by atoms with E-state index >= 15 is 0 Å². The molecule has 3 nitrogen and oxygen atoms in total. The summed E-state index contributed by atoms with van der Waals surface area (Å²) in [7, 11) is 0. The van der Waals surface area contributed by atoms with Gasteiger partial charge in [-0.25, -0.2) is 0 Å². The van der Waals surface area contributed by atoms with Crippen molar-refractivity contribution in [2.75, 3.05) is 12.4 Å². The van der Waals surface area contributed by atoms with E-state index in [1.54, 1.807) is 0 Å². The summed E-state index contributed by atoms with van der Waals surface area (Å²) in [5.74, 6) is 0.700. The third-order valence-electron chi connectivity index (χ3n) is 2.63. The van der Waals surface area contributed by atoms with Crippen molar-refractivity contribution < 1.29 is 9.90 Å². The van der Waals surface area contributed by atoms with Gasteiger partial charge < -0.3 is 10.4 Å². The van der Waals surface area contributed by atoms with Crippen LogP contribution >= 0.6 is 23.2 Å². The van der Waals surface area contributed by atoms with Crippen LogP contribution in [-0.4, -0.2) is 23.4 Å². The Kier molecular flexibility index (Phi) is 6.30. The number of benzene rings is 1. The van der Waals surface area contributed by atoms with Gasteiger partial charge in [0.15, 0.2) is 0 Å². The smallest absolute Gasteiger partial charge is 0.255 e. The van der Waals surface area contributed by atoms with E-state index in [2.05, 4.69) is 12.2 Å². The van der Waals surface area contributed by atoms with E-state index in [0.717, 1.165) is 12.8 Å². The molecule has 0 saturated heterocycles. The largest absolute Gasteiger partial charge is 0.507 e. The summed E-state index contributed by atoms with van der Waals surface area (Å²) in [6, 6.07) is 4.40. The van der Waals surface area contributed by atoms with Crippen molar-refractivity contribution in [3.05, 3.63) is 28.8 Å². The van der Waals surface area contributed by atoms with Crippen molar-refractivity contribution in [2.45, 2.75) is 19.8 Å². The molecule has 100 valence electrons. The highest BCUT2D eigenvalue weighted by atomic mass is 35.5. The Bertz CT molecular complexity index is 410. The molecule has 0 aliphatic rings. The minimum Gasteiger partial charge on any atom is -0.507 e. The second-order valence-electron chi connectivity index (χ2n) is 4.32. The molecule has 0 bridgehead atoms. The van der Waals surface area contributed by atoms with Gasteiger partial charge in [0.1, 0.15) is 5.75 Å². The van der Waals surface area contributed by atoms with Crippen LogP contribution in [0.3, 0.4) is 0 Å². The molecule has 1 rings (SSSR count). The van der Waals surface area contributed by atoms with E-state index < -0.39 is 0 Å². The molecule has 0 radical (unpaired) electrons. The molecule has 1 amide bonds. The van der Waals surface area contributed by atoms with Crippen molar-refractivity contribution in [1.82, 2.24) is 5.32 Å². The van der Waals surface area contributed by atoms with Crippen molar-refractivity contribution >= 4 is 29.1 Å². The Morgan fingerprint density at radius 1 is 1.50 bits per heavy atom. The Morgan fingerprint density at radius 3 is 2.89 bits per heavy atom. The lowest BCUT2D eigenvalue weighted by Crippen LogP contribution is -2.24. The molecule has 0 aliphatic carbocycles. The lowest BCUT2D eigenvalue weighted by Gasteiger charge is -2.09. The average molecular weight is 290 g/mol. The molecule has 0 fully saturated rings. The fourth-order valence-electron chi connectivity index (χ4n) is 1.51. The lowest BCUT2D eigenvalue weighted by molar-refractivity contribution is 0.0950. The molecule has 5 heteroatoms. The Morgan fingerprint density at radius 2 is 2.22 bits per heavy atom. The predicted molar refractivity (Wildman–Crippen MR) is 74.6 cm³/mol. The van der Waals surface area contributed by atoms with Gasteiger partial charge in [-0.3, -0.25) is 4.79 Å². The van der Waals surface area contributed by atoms with Crippen LogP contribution in [0.4, 0.5) is 0 Å². The molecule has 1 aromatic rings. The zero-order chi connectivity index (χ0) is 13.5. The summed E-state index contributed by atoms with van der Waals surface area (Å²) in [5.41, 5.74) is 0.202. The number of amides is 1. The van der Waals surface area contributed by atoms with Gasteiger partial charge in [0.2, 0.25) is 0 Å². The Labute approximate surface area is 117 Å². The fraction of sp³-hybridized carbons (Fsp3) is 0.462. The van der Waals surface area contributed by atoms with Gasteiger partial charge in [-0.1, -0.05) is 18.5 Å². The van der Waals surface area contributed by atoms with E-state index in [1.807, 2.05) is 0 Å². The van der Waals surface area contributed by atoms with E-state index in [4.69, 9.17) is 23.2 Å². The summed E-state index contributed by atoms with van der Waals surface area (Å²) in [6.07, 6.45) is 1.83. The van der Waals surface area contributed by atoms with E-state index in [1.165, 1.54) is 18.2 Å². The molecule has 1 aromatic carbocycles. The first-order chi connectivity index (χ1) is 8.54. The number of hydrogen-bond acceptors (Lipinski definition) is 2. The number of alkyl halides is 1. The number of aromatic hydroxyl groups is 1. The van der Waals surface area contributed by atoms with E-state index in [-0.39, 0.29) is 17.2 Å². The van der Waals surface area contributed by atoms with Crippen LogP contribution in [0.1, 0.15) is 30.1 Å². The first kappa shape index (κ1) is 15.1.